The summed E-state index contributed by atoms with van der Waals surface area (Å²) in [6.07, 6.45) is 6.93. The van der Waals surface area contributed by atoms with Crippen molar-refractivity contribution in [3.63, 3.8) is 0 Å². The van der Waals surface area contributed by atoms with Crippen molar-refractivity contribution in [1.29, 1.82) is 0 Å². The number of ether oxygens (including phenoxy) is 1. The van der Waals surface area contributed by atoms with E-state index in [2.05, 4.69) is 15.3 Å². The molecule has 4 rings (SSSR count). The number of nitrogen functional groups attached to an aromatic ring is 1. The number of hydrogen-bond donors (Lipinski definition) is 2. The number of rotatable bonds is 3. The van der Waals surface area contributed by atoms with Crippen LogP contribution in [-0.2, 0) is 4.74 Å². The highest BCUT2D eigenvalue weighted by Crippen LogP contribution is 2.53. The molecule has 21 heavy (non-hydrogen) atoms. The van der Waals surface area contributed by atoms with Crippen molar-refractivity contribution in [3.05, 3.63) is 17.6 Å². The molecular weight excluding hydrogens is 268 g/mol. The normalized spacial score (nSPS) is 26.6. The summed E-state index contributed by atoms with van der Waals surface area (Å²) in [4.78, 5) is 20.9. The van der Waals surface area contributed by atoms with Gasteiger partial charge in [-0.2, -0.15) is 0 Å². The molecule has 1 saturated heterocycles. The minimum absolute atomic E-state index is 0.150. The number of nitrogens with zero attached hydrogens (tertiary/aromatic N) is 2. The average Bonchev–Trinajstić information content (AvgIpc) is 3.38. The highest BCUT2D eigenvalue weighted by atomic mass is 16.5. The Kier molecular flexibility index (Phi) is 2.89. The smallest absolute Gasteiger partial charge is 0.256 e. The predicted molar refractivity (Wildman–Crippen MR) is 76.8 cm³/mol. The first-order chi connectivity index (χ1) is 10.2. The van der Waals surface area contributed by atoms with Gasteiger partial charge in [-0.05, 0) is 37.5 Å². The van der Waals surface area contributed by atoms with Crippen LogP contribution in [0.15, 0.2) is 6.20 Å². The molecule has 3 N–H and O–H groups in total. The average molecular weight is 288 g/mol. The van der Waals surface area contributed by atoms with Crippen molar-refractivity contribution in [1.82, 2.24) is 15.3 Å². The number of hydrogen-bond acceptors (Lipinski definition) is 5. The Morgan fingerprint density at radius 3 is 2.81 bits per heavy atom. The van der Waals surface area contributed by atoms with E-state index in [1.54, 1.807) is 6.20 Å². The first-order valence-corrected chi connectivity index (χ1v) is 7.69. The maximum absolute atomic E-state index is 12.3. The van der Waals surface area contributed by atoms with Crippen LogP contribution in [-0.4, -0.2) is 35.1 Å². The van der Waals surface area contributed by atoms with Crippen molar-refractivity contribution >= 4 is 11.7 Å². The topological polar surface area (TPSA) is 90.1 Å². The Morgan fingerprint density at radius 2 is 2.14 bits per heavy atom. The second kappa shape index (κ2) is 4.66. The molecule has 1 aromatic rings. The van der Waals surface area contributed by atoms with Gasteiger partial charge >= 0.3 is 0 Å². The molecule has 0 aromatic carbocycles. The second-order valence-corrected chi connectivity index (χ2v) is 6.51. The third kappa shape index (κ3) is 2.37. The van der Waals surface area contributed by atoms with E-state index >= 15 is 0 Å². The van der Waals surface area contributed by atoms with Crippen molar-refractivity contribution < 1.29 is 9.53 Å². The zero-order chi connectivity index (χ0) is 14.4. The lowest BCUT2D eigenvalue weighted by molar-refractivity contribution is 0.0535. The van der Waals surface area contributed by atoms with Crippen LogP contribution in [0.2, 0.25) is 0 Å². The second-order valence-electron chi connectivity index (χ2n) is 6.51. The van der Waals surface area contributed by atoms with Crippen LogP contribution in [0.1, 0.15) is 54.2 Å². The van der Waals surface area contributed by atoms with E-state index in [-0.39, 0.29) is 17.4 Å². The molecule has 1 atom stereocenters. The summed E-state index contributed by atoms with van der Waals surface area (Å²) in [7, 11) is 0. The third-order valence-corrected chi connectivity index (χ3v) is 5.01. The highest BCUT2D eigenvalue weighted by Gasteiger charge is 2.55. The molecule has 1 spiro atoms. The summed E-state index contributed by atoms with van der Waals surface area (Å²) in [6.45, 7) is 1.60. The Bertz CT molecular complexity index is 579. The SMILES string of the molecule is Nc1nc(C2CC2)ncc1C(=O)NC1CC12CCOCC2. The van der Waals surface area contributed by atoms with Gasteiger partial charge in [-0.25, -0.2) is 9.97 Å². The molecule has 1 aliphatic heterocycles. The van der Waals surface area contributed by atoms with E-state index in [9.17, 15) is 4.79 Å². The van der Waals surface area contributed by atoms with Gasteiger partial charge in [0.15, 0.2) is 0 Å². The Morgan fingerprint density at radius 1 is 1.38 bits per heavy atom. The van der Waals surface area contributed by atoms with Gasteiger partial charge in [0.05, 0.1) is 5.56 Å². The number of anilines is 1. The zero-order valence-electron chi connectivity index (χ0n) is 12.0. The molecule has 2 aliphatic carbocycles. The minimum Gasteiger partial charge on any atom is -0.383 e. The summed E-state index contributed by atoms with van der Waals surface area (Å²) < 4.78 is 5.39. The zero-order valence-corrected chi connectivity index (χ0v) is 12.0. The lowest BCUT2D eigenvalue weighted by Gasteiger charge is -2.22. The molecule has 2 saturated carbocycles. The van der Waals surface area contributed by atoms with Crippen LogP contribution in [0, 0.1) is 5.41 Å². The molecule has 1 amide bonds. The van der Waals surface area contributed by atoms with E-state index in [1.807, 2.05) is 0 Å². The van der Waals surface area contributed by atoms with Crippen LogP contribution in [0.3, 0.4) is 0 Å². The van der Waals surface area contributed by atoms with Crippen molar-refractivity contribution in [3.8, 4) is 0 Å². The predicted octanol–water partition coefficient (Wildman–Crippen LogP) is 1.24. The third-order valence-electron chi connectivity index (χ3n) is 5.01. The van der Waals surface area contributed by atoms with Gasteiger partial charge < -0.3 is 15.8 Å². The fourth-order valence-electron chi connectivity index (χ4n) is 3.24. The largest absolute Gasteiger partial charge is 0.383 e. The van der Waals surface area contributed by atoms with Gasteiger partial charge in [-0.1, -0.05) is 0 Å². The molecule has 1 aromatic heterocycles. The van der Waals surface area contributed by atoms with Gasteiger partial charge in [0, 0.05) is 31.4 Å². The fraction of sp³-hybridized carbons (Fsp3) is 0.667. The monoisotopic (exact) mass is 288 g/mol. The molecule has 6 nitrogen and oxygen atoms in total. The van der Waals surface area contributed by atoms with E-state index in [0.29, 0.717) is 17.3 Å². The number of nitrogens with one attached hydrogen (secondary N) is 1. The minimum atomic E-state index is -0.150. The number of carbonyl (C=O) groups is 1. The van der Waals surface area contributed by atoms with Crippen molar-refractivity contribution in [2.75, 3.05) is 18.9 Å². The molecule has 2 heterocycles. The fourth-order valence-corrected chi connectivity index (χ4v) is 3.24. The number of amides is 1. The van der Waals surface area contributed by atoms with Crippen molar-refractivity contribution in [2.24, 2.45) is 5.41 Å². The van der Waals surface area contributed by atoms with Crippen molar-refractivity contribution in [2.45, 2.75) is 44.1 Å². The molecule has 1 unspecified atom stereocenters. The molecule has 6 heteroatoms. The summed E-state index contributed by atoms with van der Waals surface area (Å²) in [5, 5.41) is 3.08. The maximum Gasteiger partial charge on any atom is 0.256 e. The van der Waals surface area contributed by atoms with Gasteiger partial charge in [-0.3, -0.25) is 4.79 Å². The number of carbonyl (C=O) groups excluding carboxylic acids is 1. The summed E-state index contributed by atoms with van der Waals surface area (Å²) >= 11 is 0. The van der Waals surface area contributed by atoms with E-state index in [1.165, 1.54) is 0 Å². The molecule has 0 bridgehead atoms. The van der Waals surface area contributed by atoms with E-state index in [0.717, 1.165) is 51.1 Å². The van der Waals surface area contributed by atoms with Gasteiger partial charge in [0.1, 0.15) is 11.6 Å². The Labute approximate surface area is 123 Å². The molecule has 0 radical (unpaired) electrons. The standard InChI is InChI=1S/C15H20N4O2/c16-12-10(8-17-13(19-12)9-1-2-9)14(20)18-11-7-15(11)3-5-21-6-4-15/h8-9,11H,1-7H2,(H,18,20)(H2,16,17,19). The van der Waals surface area contributed by atoms with E-state index in [4.69, 9.17) is 10.5 Å². The van der Waals surface area contributed by atoms with Gasteiger partial charge in [-0.15, -0.1) is 0 Å². The lowest BCUT2D eigenvalue weighted by atomic mass is 9.96. The van der Waals surface area contributed by atoms with Gasteiger partial charge in [0.2, 0.25) is 0 Å². The van der Waals surface area contributed by atoms with Crippen LogP contribution >= 0.6 is 0 Å². The first-order valence-electron chi connectivity index (χ1n) is 7.69. The Hall–Kier alpha value is -1.69. The Balaban J connectivity index is 1.43. The van der Waals surface area contributed by atoms with Crippen LogP contribution in [0.25, 0.3) is 0 Å². The van der Waals surface area contributed by atoms with Crippen LogP contribution in [0.4, 0.5) is 5.82 Å². The highest BCUT2D eigenvalue weighted by molar-refractivity contribution is 5.98. The number of aromatic nitrogens is 2. The molecule has 3 fully saturated rings. The first kappa shape index (κ1) is 13.0. The molecule has 112 valence electrons. The molecule has 3 aliphatic rings. The lowest BCUT2D eigenvalue weighted by Crippen LogP contribution is -2.33. The summed E-state index contributed by atoms with van der Waals surface area (Å²) in [6, 6.07) is 0.247. The summed E-state index contributed by atoms with van der Waals surface area (Å²) in [5.41, 5.74) is 6.58. The summed E-state index contributed by atoms with van der Waals surface area (Å²) in [5.74, 6) is 1.36. The van der Waals surface area contributed by atoms with E-state index < -0.39 is 0 Å². The van der Waals surface area contributed by atoms with Gasteiger partial charge in [0.25, 0.3) is 5.91 Å². The quantitative estimate of drug-likeness (QED) is 0.873. The molecular formula is C15H20N4O2. The number of nitrogens with two attached hydrogens (primary N) is 1. The maximum atomic E-state index is 12.3. The van der Waals surface area contributed by atoms with Crippen LogP contribution in [0.5, 0.6) is 0 Å². The van der Waals surface area contributed by atoms with Crippen LogP contribution < -0.4 is 11.1 Å².